The molecule has 1 aromatic rings. The van der Waals surface area contributed by atoms with E-state index in [1.807, 2.05) is 12.3 Å². The smallest absolute Gasteiger partial charge is 0.0573 e. The van der Waals surface area contributed by atoms with Crippen LogP contribution in [0, 0.1) is 6.92 Å². The fourth-order valence-corrected chi connectivity index (χ4v) is 2.05. The highest BCUT2D eigenvalue weighted by Crippen LogP contribution is 2.09. The van der Waals surface area contributed by atoms with E-state index in [-0.39, 0.29) is 12.4 Å². The van der Waals surface area contributed by atoms with Crippen molar-refractivity contribution in [3.8, 4) is 0 Å². The molecule has 1 unspecified atom stereocenters. The van der Waals surface area contributed by atoms with Crippen LogP contribution in [-0.4, -0.2) is 35.6 Å². The monoisotopic (exact) mass is 241 g/mol. The van der Waals surface area contributed by atoms with Gasteiger partial charge in [0, 0.05) is 38.4 Å². The van der Waals surface area contributed by atoms with Crippen LogP contribution in [0.25, 0.3) is 0 Å². The van der Waals surface area contributed by atoms with E-state index in [4.69, 9.17) is 0 Å². The SMILES string of the molecule is Cc1cccnc1CN1CCNC(C)C1.Cl. The van der Waals surface area contributed by atoms with Gasteiger partial charge in [-0.2, -0.15) is 0 Å². The van der Waals surface area contributed by atoms with Gasteiger partial charge in [-0.1, -0.05) is 6.07 Å². The Morgan fingerprint density at radius 2 is 2.38 bits per heavy atom. The second kappa shape index (κ2) is 6.18. The second-order valence-electron chi connectivity index (χ2n) is 4.36. The molecule has 0 amide bonds. The van der Waals surface area contributed by atoms with E-state index in [1.165, 1.54) is 11.3 Å². The molecule has 0 spiro atoms. The molecule has 0 aliphatic carbocycles. The Morgan fingerprint density at radius 1 is 1.56 bits per heavy atom. The summed E-state index contributed by atoms with van der Waals surface area (Å²) in [6, 6.07) is 4.73. The number of rotatable bonds is 2. The summed E-state index contributed by atoms with van der Waals surface area (Å²) in [5.74, 6) is 0. The van der Waals surface area contributed by atoms with Gasteiger partial charge in [-0.3, -0.25) is 9.88 Å². The molecule has 1 N–H and O–H groups in total. The lowest BCUT2D eigenvalue weighted by Crippen LogP contribution is -2.48. The molecule has 3 nitrogen and oxygen atoms in total. The van der Waals surface area contributed by atoms with Crippen LogP contribution in [0.4, 0.5) is 0 Å². The third-order valence-corrected chi connectivity index (χ3v) is 2.94. The van der Waals surface area contributed by atoms with Crippen LogP contribution >= 0.6 is 12.4 Å². The van der Waals surface area contributed by atoms with Crippen LogP contribution in [0.2, 0.25) is 0 Å². The van der Waals surface area contributed by atoms with Crippen LogP contribution in [0.1, 0.15) is 18.2 Å². The van der Waals surface area contributed by atoms with Gasteiger partial charge in [0.2, 0.25) is 0 Å². The zero-order chi connectivity index (χ0) is 10.7. The first-order chi connectivity index (χ1) is 7.25. The molecular weight excluding hydrogens is 222 g/mol. The van der Waals surface area contributed by atoms with E-state index in [2.05, 4.69) is 35.1 Å². The third kappa shape index (κ3) is 3.44. The number of hydrogen-bond acceptors (Lipinski definition) is 3. The Bertz CT molecular complexity index is 330. The maximum Gasteiger partial charge on any atom is 0.0573 e. The highest BCUT2D eigenvalue weighted by atomic mass is 35.5. The minimum absolute atomic E-state index is 0. The molecule has 1 atom stereocenters. The third-order valence-electron chi connectivity index (χ3n) is 2.94. The quantitative estimate of drug-likeness (QED) is 0.853. The number of pyridine rings is 1. The first-order valence-electron chi connectivity index (χ1n) is 5.62. The molecule has 16 heavy (non-hydrogen) atoms. The van der Waals surface area contributed by atoms with Crippen LogP contribution in [0.15, 0.2) is 18.3 Å². The first kappa shape index (κ1) is 13.4. The Hall–Kier alpha value is -0.640. The molecule has 2 heterocycles. The molecule has 1 saturated heterocycles. The Balaban J connectivity index is 0.00000128. The van der Waals surface area contributed by atoms with Gasteiger partial charge in [0.25, 0.3) is 0 Å². The molecule has 2 rings (SSSR count). The standard InChI is InChI=1S/C12H19N3.ClH/c1-10-4-3-5-14-12(10)9-15-7-6-13-11(2)8-15;/h3-5,11,13H,6-9H2,1-2H3;1H. The van der Waals surface area contributed by atoms with Crippen molar-refractivity contribution in [3.63, 3.8) is 0 Å². The summed E-state index contributed by atoms with van der Waals surface area (Å²) in [6.45, 7) is 8.69. The van der Waals surface area contributed by atoms with Gasteiger partial charge >= 0.3 is 0 Å². The van der Waals surface area contributed by atoms with Crippen LogP contribution in [0.5, 0.6) is 0 Å². The van der Waals surface area contributed by atoms with Crippen molar-refractivity contribution < 1.29 is 0 Å². The molecule has 1 aromatic heterocycles. The van der Waals surface area contributed by atoms with Crippen molar-refractivity contribution in [3.05, 3.63) is 29.6 Å². The number of halogens is 1. The van der Waals surface area contributed by atoms with Gasteiger partial charge in [0.15, 0.2) is 0 Å². The topological polar surface area (TPSA) is 28.2 Å². The van der Waals surface area contributed by atoms with E-state index in [9.17, 15) is 0 Å². The van der Waals surface area contributed by atoms with Gasteiger partial charge in [0.05, 0.1) is 5.69 Å². The number of nitrogens with zero attached hydrogens (tertiary/aromatic N) is 2. The lowest BCUT2D eigenvalue weighted by Gasteiger charge is -2.31. The summed E-state index contributed by atoms with van der Waals surface area (Å²) in [6.07, 6.45) is 1.88. The van der Waals surface area contributed by atoms with Gasteiger partial charge in [-0.25, -0.2) is 0 Å². The predicted molar refractivity (Wildman–Crippen MR) is 69.0 cm³/mol. The van der Waals surface area contributed by atoms with Gasteiger partial charge in [-0.15, -0.1) is 12.4 Å². The van der Waals surface area contributed by atoms with E-state index in [1.54, 1.807) is 0 Å². The van der Waals surface area contributed by atoms with E-state index < -0.39 is 0 Å². The van der Waals surface area contributed by atoms with Crippen LogP contribution in [0.3, 0.4) is 0 Å². The largest absolute Gasteiger partial charge is 0.312 e. The Kier molecular flexibility index (Phi) is 5.19. The molecule has 0 aromatic carbocycles. The number of hydrogen-bond donors (Lipinski definition) is 1. The lowest BCUT2D eigenvalue weighted by atomic mass is 10.2. The van der Waals surface area contributed by atoms with Crippen molar-refractivity contribution in [2.45, 2.75) is 26.4 Å². The molecule has 0 saturated carbocycles. The van der Waals surface area contributed by atoms with E-state index in [0.29, 0.717) is 6.04 Å². The second-order valence-corrected chi connectivity index (χ2v) is 4.36. The fourth-order valence-electron chi connectivity index (χ4n) is 2.05. The maximum atomic E-state index is 4.44. The number of aryl methyl sites for hydroxylation is 1. The number of aromatic nitrogens is 1. The predicted octanol–water partition coefficient (Wildman–Crippen LogP) is 1.61. The molecular formula is C12H20ClN3. The molecule has 4 heteroatoms. The zero-order valence-corrected chi connectivity index (χ0v) is 10.8. The summed E-state index contributed by atoms with van der Waals surface area (Å²) in [5.41, 5.74) is 2.51. The number of piperazine rings is 1. The van der Waals surface area contributed by atoms with Crippen LogP contribution in [-0.2, 0) is 6.54 Å². The average molecular weight is 242 g/mol. The normalized spacial score (nSPS) is 21.5. The van der Waals surface area contributed by atoms with Gasteiger partial charge in [0.1, 0.15) is 0 Å². The molecule has 0 bridgehead atoms. The first-order valence-corrected chi connectivity index (χ1v) is 5.62. The van der Waals surface area contributed by atoms with Crippen molar-refractivity contribution >= 4 is 12.4 Å². The summed E-state index contributed by atoms with van der Waals surface area (Å²) in [7, 11) is 0. The van der Waals surface area contributed by atoms with E-state index >= 15 is 0 Å². The zero-order valence-electron chi connectivity index (χ0n) is 9.94. The van der Waals surface area contributed by atoms with Crippen molar-refractivity contribution in [2.75, 3.05) is 19.6 Å². The molecule has 1 fully saturated rings. The molecule has 1 aliphatic rings. The van der Waals surface area contributed by atoms with Crippen LogP contribution < -0.4 is 5.32 Å². The highest BCUT2D eigenvalue weighted by Gasteiger charge is 2.16. The average Bonchev–Trinajstić information content (AvgIpc) is 2.22. The number of nitrogens with one attached hydrogen (secondary N) is 1. The summed E-state index contributed by atoms with van der Waals surface area (Å²) >= 11 is 0. The highest BCUT2D eigenvalue weighted by molar-refractivity contribution is 5.85. The van der Waals surface area contributed by atoms with Crippen molar-refractivity contribution in [2.24, 2.45) is 0 Å². The summed E-state index contributed by atoms with van der Waals surface area (Å²) in [4.78, 5) is 6.90. The summed E-state index contributed by atoms with van der Waals surface area (Å²) in [5, 5.41) is 3.45. The molecule has 0 radical (unpaired) electrons. The summed E-state index contributed by atoms with van der Waals surface area (Å²) < 4.78 is 0. The van der Waals surface area contributed by atoms with Crippen molar-refractivity contribution in [1.82, 2.24) is 15.2 Å². The van der Waals surface area contributed by atoms with E-state index in [0.717, 1.165) is 26.2 Å². The molecule has 90 valence electrons. The van der Waals surface area contributed by atoms with Gasteiger partial charge in [-0.05, 0) is 25.5 Å². The van der Waals surface area contributed by atoms with Gasteiger partial charge < -0.3 is 5.32 Å². The lowest BCUT2D eigenvalue weighted by molar-refractivity contribution is 0.197. The maximum absolute atomic E-state index is 4.44. The Labute approximate surface area is 104 Å². The Morgan fingerprint density at radius 3 is 3.06 bits per heavy atom. The minimum Gasteiger partial charge on any atom is -0.312 e. The fraction of sp³-hybridized carbons (Fsp3) is 0.583. The minimum atomic E-state index is 0. The molecule has 1 aliphatic heterocycles. The van der Waals surface area contributed by atoms with Crippen molar-refractivity contribution in [1.29, 1.82) is 0 Å².